The van der Waals surface area contributed by atoms with E-state index < -0.39 is 0 Å². The fraction of sp³-hybridized carbons (Fsp3) is 0.391. The molecule has 0 bridgehead atoms. The first-order valence-electron chi connectivity index (χ1n) is 10.1. The Bertz CT molecular complexity index is 1000. The summed E-state index contributed by atoms with van der Waals surface area (Å²) in [5.41, 5.74) is 4.25. The summed E-state index contributed by atoms with van der Waals surface area (Å²) in [6.07, 6.45) is 5.37. The molecule has 0 radical (unpaired) electrons. The molecule has 28 heavy (non-hydrogen) atoms. The highest BCUT2D eigenvalue weighted by atomic mass is 16.2. The van der Waals surface area contributed by atoms with Crippen molar-refractivity contribution in [2.75, 3.05) is 33.2 Å². The van der Waals surface area contributed by atoms with Crippen molar-refractivity contribution in [1.82, 2.24) is 19.4 Å². The number of carbonyl (C=O) groups is 1. The van der Waals surface area contributed by atoms with E-state index in [-0.39, 0.29) is 5.91 Å². The van der Waals surface area contributed by atoms with Gasteiger partial charge < -0.3 is 9.80 Å². The number of rotatable bonds is 2. The van der Waals surface area contributed by atoms with Crippen molar-refractivity contribution in [3.8, 4) is 11.3 Å². The summed E-state index contributed by atoms with van der Waals surface area (Å²) < 4.78 is 1.93. The Kier molecular flexibility index (Phi) is 4.20. The van der Waals surface area contributed by atoms with Crippen molar-refractivity contribution in [3.63, 3.8) is 0 Å². The van der Waals surface area contributed by atoms with Crippen LogP contribution in [0.1, 0.15) is 29.6 Å². The molecule has 1 aromatic carbocycles. The fourth-order valence-corrected chi connectivity index (χ4v) is 5.01. The maximum absolute atomic E-state index is 13.1. The second kappa shape index (κ2) is 6.74. The van der Waals surface area contributed by atoms with Gasteiger partial charge in [-0.3, -0.25) is 4.79 Å². The third-order valence-electron chi connectivity index (χ3n) is 6.43. The lowest BCUT2D eigenvalue weighted by molar-refractivity contribution is 0.0534. The van der Waals surface area contributed by atoms with Crippen LogP contribution >= 0.6 is 0 Å². The van der Waals surface area contributed by atoms with Crippen LogP contribution in [0.5, 0.6) is 0 Å². The summed E-state index contributed by atoms with van der Waals surface area (Å²) in [7, 11) is 2.19. The number of nitrogens with zero attached hydrogens (tertiary/aromatic N) is 4. The van der Waals surface area contributed by atoms with Gasteiger partial charge in [-0.15, -0.1) is 0 Å². The molecule has 4 heterocycles. The quantitative estimate of drug-likeness (QED) is 0.689. The smallest absolute Gasteiger partial charge is 0.253 e. The van der Waals surface area contributed by atoms with Gasteiger partial charge in [0.15, 0.2) is 0 Å². The molecule has 0 N–H and O–H groups in total. The Morgan fingerprint density at radius 2 is 1.86 bits per heavy atom. The lowest BCUT2D eigenvalue weighted by Crippen LogP contribution is -2.47. The van der Waals surface area contributed by atoms with Crippen molar-refractivity contribution in [3.05, 3.63) is 60.3 Å². The van der Waals surface area contributed by atoms with Crippen LogP contribution in [-0.4, -0.2) is 58.5 Å². The van der Waals surface area contributed by atoms with E-state index in [9.17, 15) is 4.79 Å². The zero-order chi connectivity index (χ0) is 19.1. The summed E-state index contributed by atoms with van der Waals surface area (Å²) >= 11 is 0. The highest BCUT2D eigenvalue weighted by Gasteiger charge is 2.41. The minimum atomic E-state index is 0.164. The van der Waals surface area contributed by atoms with Crippen LogP contribution in [0.4, 0.5) is 0 Å². The Hall–Kier alpha value is -2.66. The summed E-state index contributed by atoms with van der Waals surface area (Å²) in [5, 5.41) is 4.41. The molecule has 3 aromatic rings. The molecule has 1 amide bonds. The normalized spacial score (nSPS) is 23.0. The van der Waals surface area contributed by atoms with Gasteiger partial charge in [0, 0.05) is 36.2 Å². The van der Waals surface area contributed by atoms with E-state index in [1.807, 2.05) is 53.2 Å². The lowest BCUT2D eigenvalue weighted by Gasteiger charge is -2.40. The first-order valence-corrected chi connectivity index (χ1v) is 10.1. The number of pyridine rings is 1. The zero-order valence-corrected chi connectivity index (χ0v) is 16.3. The highest BCUT2D eigenvalue weighted by Crippen LogP contribution is 2.38. The molecule has 5 rings (SSSR count). The maximum atomic E-state index is 13.1. The number of hydrogen-bond acceptors (Lipinski definition) is 3. The van der Waals surface area contributed by atoms with Crippen LogP contribution in [0.2, 0.25) is 0 Å². The van der Waals surface area contributed by atoms with Crippen LogP contribution in [0, 0.1) is 5.41 Å². The van der Waals surface area contributed by atoms with E-state index in [1.165, 1.54) is 12.8 Å². The molecule has 2 aliphatic rings. The van der Waals surface area contributed by atoms with Crippen molar-refractivity contribution in [2.45, 2.75) is 19.3 Å². The average Bonchev–Trinajstić information content (AvgIpc) is 3.34. The predicted molar refractivity (Wildman–Crippen MR) is 110 cm³/mol. The van der Waals surface area contributed by atoms with Crippen LogP contribution < -0.4 is 0 Å². The highest BCUT2D eigenvalue weighted by molar-refractivity contribution is 5.94. The van der Waals surface area contributed by atoms with E-state index in [0.717, 1.165) is 54.9 Å². The number of piperidine rings is 1. The predicted octanol–water partition coefficient (Wildman–Crippen LogP) is 3.56. The molecular weight excluding hydrogens is 348 g/mol. The average molecular weight is 374 g/mol. The SMILES string of the molecule is CN1CC[C@]2(CCCN(C(=O)c3ccc(-c4cccc5ccnn45)cc3)C2)C1. The van der Waals surface area contributed by atoms with Crippen molar-refractivity contribution in [1.29, 1.82) is 0 Å². The Labute approximate surface area is 165 Å². The number of hydrogen-bond donors (Lipinski definition) is 0. The fourth-order valence-electron chi connectivity index (χ4n) is 5.01. The van der Waals surface area contributed by atoms with Crippen molar-refractivity contribution < 1.29 is 4.79 Å². The number of aromatic nitrogens is 2. The van der Waals surface area contributed by atoms with Gasteiger partial charge in [0.05, 0.1) is 17.4 Å². The molecule has 2 saturated heterocycles. The second-order valence-electron chi connectivity index (χ2n) is 8.47. The first kappa shape index (κ1) is 17.4. The van der Waals surface area contributed by atoms with Crippen molar-refractivity contribution >= 4 is 11.4 Å². The molecule has 5 heteroatoms. The van der Waals surface area contributed by atoms with Gasteiger partial charge in [0.2, 0.25) is 0 Å². The van der Waals surface area contributed by atoms with E-state index in [4.69, 9.17) is 0 Å². The molecule has 2 aliphatic heterocycles. The first-order chi connectivity index (χ1) is 13.6. The van der Waals surface area contributed by atoms with Gasteiger partial charge >= 0.3 is 0 Å². The van der Waals surface area contributed by atoms with E-state index in [1.54, 1.807) is 0 Å². The number of fused-ring (bicyclic) bond motifs is 1. The topological polar surface area (TPSA) is 40.8 Å². The minimum Gasteiger partial charge on any atom is -0.338 e. The lowest BCUT2D eigenvalue weighted by atomic mass is 9.79. The van der Waals surface area contributed by atoms with Gasteiger partial charge in [-0.05, 0) is 63.2 Å². The monoisotopic (exact) mass is 374 g/mol. The Morgan fingerprint density at radius 1 is 1.00 bits per heavy atom. The molecule has 1 spiro atoms. The molecule has 2 fully saturated rings. The van der Waals surface area contributed by atoms with Gasteiger partial charge in [-0.1, -0.05) is 18.2 Å². The molecule has 144 valence electrons. The number of benzene rings is 1. The van der Waals surface area contributed by atoms with E-state index in [2.05, 4.69) is 28.0 Å². The molecule has 2 aromatic heterocycles. The summed E-state index contributed by atoms with van der Waals surface area (Å²) in [6, 6.07) is 16.1. The standard InChI is InChI=1S/C23H26N4O/c1-25-15-12-23(16-25)11-3-14-26(17-23)22(28)19-8-6-18(7-9-19)21-5-2-4-20-10-13-24-27(20)21/h2,4-10,13H,3,11-12,14-17H2,1H3/t23-/m1/s1. The van der Waals surface area contributed by atoms with Gasteiger partial charge in [-0.2, -0.15) is 5.10 Å². The molecule has 1 atom stereocenters. The van der Waals surface area contributed by atoms with E-state index in [0.29, 0.717) is 5.41 Å². The summed E-state index contributed by atoms with van der Waals surface area (Å²) in [4.78, 5) is 17.6. The van der Waals surface area contributed by atoms with Gasteiger partial charge in [-0.25, -0.2) is 4.52 Å². The summed E-state index contributed by atoms with van der Waals surface area (Å²) in [6.45, 7) is 4.03. The number of amides is 1. The van der Waals surface area contributed by atoms with Gasteiger partial charge in [0.25, 0.3) is 5.91 Å². The molecule has 0 unspecified atom stereocenters. The Morgan fingerprint density at radius 3 is 2.64 bits per heavy atom. The van der Waals surface area contributed by atoms with Crippen LogP contribution in [0.3, 0.4) is 0 Å². The van der Waals surface area contributed by atoms with Crippen LogP contribution in [0.25, 0.3) is 16.8 Å². The number of likely N-dealkylation sites (tertiary alicyclic amines) is 2. The number of carbonyl (C=O) groups excluding carboxylic acids is 1. The molecule has 0 saturated carbocycles. The third kappa shape index (κ3) is 3.00. The molecular formula is C23H26N4O. The summed E-state index contributed by atoms with van der Waals surface area (Å²) in [5.74, 6) is 0.164. The van der Waals surface area contributed by atoms with Gasteiger partial charge in [0.1, 0.15) is 0 Å². The van der Waals surface area contributed by atoms with Crippen LogP contribution in [-0.2, 0) is 0 Å². The maximum Gasteiger partial charge on any atom is 0.253 e. The van der Waals surface area contributed by atoms with Crippen molar-refractivity contribution in [2.24, 2.45) is 5.41 Å². The zero-order valence-electron chi connectivity index (χ0n) is 16.3. The minimum absolute atomic E-state index is 0.164. The largest absolute Gasteiger partial charge is 0.338 e. The van der Waals surface area contributed by atoms with Crippen LogP contribution in [0.15, 0.2) is 54.7 Å². The van der Waals surface area contributed by atoms with E-state index >= 15 is 0 Å². The molecule has 5 nitrogen and oxygen atoms in total. The Balaban J connectivity index is 1.37. The molecule has 0 aliphatic carbocycles. The third-order valence-corrected chi connectivity index (χ3v) is 6.43. The second-order valence-corrected chi connectivity index (χ2v) is 8.47.